The Labute approximate surface area is 152 Å². The number of hydrogen-bond acceptors (Lipinski definition) is 3. The highest BCUT2D eigenvalue weighted by molar-refractivity contribution is 5.97. The van der Waals surface area contributed by atoms with Crippen molar-refractivity contribution in [3.8, 4) is 0 Å². The molecule has 1 saturated heterocycles. The van der Waals surface area contributed by atoms with Crippen molar-refractivity contribution < 1.29 is 14.4 Å². The van der Waals surface area contributed by atoms with Crippen molar-refractivity contribution in [2.45, 2.75) is 38.3 Å². The van der Waals surface area contributed by atoms with Gasteiger partial charge in [-0.15, -0.1) is 0 Å². The molecule has 3 amide bonds. The summed E-state index contributed by atoms with van der Waals surface area (Å²) in [6, 6.07) is 6.89. The highest BCUT2D eigenvalue weighted by Gasteiger charge is 2.33. The van der Waals surface area contributed by atoms with E-state index in [2.05, 4.69) is 16.0 Å². The molecule has 0 spiro atoms. The summed E-state index contributed by atoms with van der Waals surface area (Å²) in [6.45, 7) is 1.95. The minimum absolute atomic E-state index is 0.0997. The number of carbonyl (C=O) groups excluding carboxylic acids is 3. The molecule has 138 valence electrons. The topological polar surface area (TPSA) is 92.2 Å². The monoisotopic (exact) mass is 356 g/mol. The van der Waals surface area contributed by atoms with Gasteiger partial charge in [0.15, 0.2) is 0 Å². The van der Waals surface area contributed by atoms with Crippen LogP contribution in [0.15, 0.2) is 30.5 Å². The number of carbonyl (C=O) groups is 3. The van der Waals surface area contributed by atoms with Gasteiger partial charge in [-0.2, -0.15) is 0 Å². The zero-order valence-electron chi connectivity index (χ0n) is 15.0. The Morgan fingerprint density at radius 1 is 1.15 bits per heavy atom. The quantitative estimate of drug-likeness (QED) is 0.663. The van der Waals surface area contributed by atoms with Crippen LogP contribution >= 0.6 is 0 Å². The molecule has 2 atom stereocenters. The molecule has 7 heteroatoms. The molecule has 3 rings (SSSR count). The molecule has 0 bridgehead atoms. The second-order valence-corrected chi connectivity index (χ2v) is 6.73. The third-order valence-corrected chi connectivity index (χ3v) is 4.71. The fraction of sp³-hybridized carbons (Fsp3) is 0.421. The number of aryl methyl sites for hydroxylation is 1. The van der Waals surface area contributed by atoms with E-state index in [1.54, 1.807) is 0 Å². The first-order valence-corrected chi connectivity index (χ1v) is 8.84. The molecule has 0 aliphatic carbocycles. The number of rotatable bonds is 6. The lowest BCUT2D eigenvalue weighted by molar-refractivity contribution is -0.136. The molecule has 3 N–H and O–H groups in total. The normalized spacial score (nSPS) is 19.9. The Morgan fingerprint density at radius 3 is 2.62 bits per heavy atom. The van der Waals surface area contributed by atoms with Crippen molar-refractivity contribution in [2.24, 2.45) is 7.05 Å². The minimum atomic E-state index is -0.570. The summed E-state index contributed by atoms with van der Waals surface area (Å²) in [5.74, 6) is -0.433. The average Bonchev–Trinajstić information content (AvgIpc) is 2.92. The Kier molecular flexibility index (Phi) is 5.25. The number of hydrogen-bond donors (Lipinski definition) is 3. The summed E-state index contributed by atoms with van der Waals surface area (Å²) in [5, 5.41) is 9.43. The van der Waals surface area contributed by atoms with Crippen LogP contribution in [0.4, 0.5) is 0 Å². The second kappa shape index (κ2) is 7.59. The van der Waals surface area contributed by atoms with E-state index in [1.807, 2.05) is 42.1 Å². The molecule has 0 radical (unpaired) electrons. The molecule has 0 unspecified atom stereocenters. The van der Waals surface area contributed by atoms with Crippen molar-refractivity contribution >= 4 is 28.6 Å². The average molecular weight is 356 g/mol. The first-order chi connectivity index (χ1) is 12.5. The van der Waals surface area contributed by atoms with Gasteiger partial charge in [0.1, 0.15) is 12.1 Å². The van der Waals surface area contributed by atoms with Gasteiger partial charge in [-0.1, -0.05) is 18.2 Å². The van der Waals surface area contributed by atoms with E-state index < -0.39 is 12.1 Å². The van der Waals surface area contributed by atoms with Gasteiger partial charge < -0.3 is 20.5 Å². The fourth-order valence-electron chi connectivity index (χ4n) is 3.40. The Balaban J connectivity index is 1.62. The van der Waals surface area contributed by atoms with E-state index in [0.717, 1.165) is 16.5 Å². The molecule has 1 aliphatic heterocycles. The SMILES string of the molecule is CC(=O)NCCC[C@H]1NC(=O)[C@@H](Cc2cn(C)c3ccccc23)NC1=O. The second-order valence-electron chi connectivity index (χ2n) is 6.73. The van der Waals surface area contributed by atoms with Crippen LogP contribution in [0, 0.1) is 0 Å². The number of nitrogens with one attached hydrogen (secondary N) is 3. The van der Waals surface area contributed by atoms with Crippen LogP contribution < -0.4 is 16.0 Å². The van der Waals surface area contributed by atoms with Crippen LogP contribution in [-0.2, 0) is 27.9 Å². The molecule has 2 aromatic rings. The van der Waals surface area contributed by atoms with E-state index in [1.165, 1.54) is 6.92 Å². The van der Waals surface area contributed by atoms with Gasteiger partial charge in [0.2, 0.25) is 17.7 Å². The van der Waals surface area contributed by atoms with Crippen molar-refractivity contribution in [3.63, 3.8) is 0 Å². The number of benzene rings is 1. The van der Waals surface area contributed by atoms with Gasteiger partial charge in [-0.05, 0) is 24.5 Å². The number of piperazine rings is 1. The van der Waals surface area contributed by atoms with E-state index in [4.69, 9.17) is 0 Å². The van der Waals surface area contributed by atoms with Gasteiger partial charge in [0, 0.05) is 44.0 Å². The standard InChI is InChI=1S/C19H24N4O3/c1-12(24)20-9-5-7-15-18(25)22-16(19(26)21-15)10-13-11-23(2)17-8-4-3-6-14(13)17/h3-4,6,8,11,15-16H,5,7,9-10H2,1-2H3,(H,20,24)(H,21,26)(H,22,25)/t15-,16-/m1/s1. The molecule has 2 heterocycles. The Hall–Kier alpha value is -2.83. The van der Waals surface area contributed by atoms with Crippen LogP contribution in [0.3, 0.4) is 0 Å². The maximum Gasteiger partial charge on any atom is 0.243 e. The molecular weight excluding hydrogens is 332 g/mol. The molecule has 1 aromatic carbocycles. The Morgan fingerprint density at radius 2 is 1.85 bits per heavy atom. The number of nitrogens with zero attached hydrogens (tertiary/aromatic N) is 1. The van der Waals surface area contributed by atoms with Crippen molar-refractivity contribution in [1.82, 2.24) is 20.5 Å². The summed E-state index contributed by atoms with van der Waals surface area (Å²) >= 11 is 0. The van der Waals surface area contributed by atoms with Crippen LogP contribution in [0.5, 0.6) is 0 Å². The summed E-state index contributed by atoms with van der Waals surface area (Å²) in [7, 11) is 1.97. The summed E-state index contributed by atoms with van der Waals surface area (Å²) in [4.78, 5) is 35.6. The highest BCUT2D eigenvalue weighted by atomic mass is 16.2. The highest BCUT2D eigenvalue weighted by Crippen LogP contribution is 2.22. The van der Waals surface area contributed by atoms with Crippen LogP contribution in [0.1, 0.15) is 25.3 Å². The third-order valence-electron chi connectivity index (χ3n) is 4.71. The van der Waals surface area contributed by atoms with Crippen LogP contribution in [-0.4, -0.2) is 40.9 Å². The van der Waals surface area contributed by atoms with Gasteiger partial charge >= 0.3 is 0 Å². The molecule has 0 saturated carbocycles. The molecule has 7 nitrogen and oxygen atoms in total. The maximum absolute atomic E-state index is 12.4. The van der Waals surface area contributed by atoms with Gasteiger partial charge in [-0.25, -0.2) is 0 Å². The third kappa shape index (κ3) is 3.87. The van der Waals surface area contributed by atoms with E-state index in [-0.39, 0.29) is 17.7 Å². The van der Waals surface area contributed by atoms with Crippen molar-refractivity contribution in [3.05, 3.63) is 36.0 Å². The first kappa shape index (κ1) is 18.0. The van der Waals surface area contributed by atoms with Gasteiger partial charge in [0.05, 0.1) is 0 Å². The molecule has 1 fully saturated rings. The lowest BCUT2D eigenvalue weighted by Crippen LogP contribution is -2.62. The molecule has 1 aliphatic rings. The largest absolute Gasteiger partial charge is 0.356 e. The zero-order valence-corrected chi connectivity index (χ0v) is 15.0. The number of amides is 3. The minimum Gasteiger partial charge on any atom is -0.356 e. The van der Waals surface area contributed by atoms with Gasteiger partial charge in [0.25, 0.3) is 0 Å². The summed E-state index contributed by atoms with van der Waals surface area (Å²) < 4.78 is 2.03. The molecular formula is C19H24N4O3. The predicted octanol–water partition coefficient (Wildman–Crippen LogP) is 0.620. The lowest BCUT2D eigenvalue weighted by Gasteiger charge is -2.29. The summed E-state index contributed by atoms with van der Waals surface area (Å²) in [5.41, 5.74) is 2.13. The first-order valence-electron chi connectivity index (χ1n) is 8.84. The summed E-state index contributed by atoms with van der Waals surface area (Å²) in [6.07, 6.45) is 3.59. The number of aromatic nitrogens is 1. The zero-order chi connectivity index (χ0) is 18.7. The number of fused-ring (bicyclic) bond motifs is 1. The fourth-order valence-corrected chi connectivity index (χ4v) is 3.40. The smallest absolute Gasteiger partial charge is 0.243 e. The maximum atomic E-state index is 12.4. The number of para-hydroxylation sites is 1. The van der Waals surface area contributed by atoms with Crippen LogP contribution in [0.2, 0.25) is 0 Å². The lowest BCUT2D eigenvalue weighted by atomic mass is 10.00. The van der Waals surface area contributed by atoms with E-state index >= 15 is 0 Å². The molecule has 26 heavy (non-hydrogen) atoms. The Bertz CT molecular complexity index is 842. The van der Waals surface area contributed by atoms with Crippen molar-refractivity contribution in [1.29, 1.82) is 0 Å². The van der Waals surface area contributed by atoms with Crippen molar-refractivity contribution in [2.75, 3.05) is 6.54 Å². The predicted molar refractivity (Wildman–Crippen MR) is 98.4 cm³/mol. The molecule has 1 aromatic heterocycles. The van der Waals surface area contributed by atoms with E-state index in [0.29, 0.717) is 25.8 Å². The van der Waals surface area contributed by atoms with Crippen LogP contribution in [0.25, 0.3) is 10.9 Å². The van der Waals surface area contributed by atoms with Gasteiger partial charge in [-0.3, -0.25) is 14.4 Å². The van der Waals surface area contributed by atoms with E-state index in [9.17, 15) is 14.4 Å².